The Morgan fingerprint density at radius 3 is 2.75 bits per heavy atom. The lowest BCUT2D eigenvalue weighted by atomic mass is 9.75. The second-order valence-corrected chi connectivity index (χ2v) is 6.08. The third-order valence-corrected chi connectivity index (χ3v) is 3.85. The van der Waals surface area contributed by atoms with Crippen molar-refractivity contribution in [1.82, 2.24) is 10.6 Å². The van der Waals surface area contributed by atoms with Crippen LogP contribution in [0.4, 0.5) is 13.2 Å². The summed E-state index contributed by atoms with van der Waals surface area (Å²) < 4.78 is 38.6. The van der Waals surface area contributed by atoms with E-state index in [9.17, 15) is 18.0 Å². The van der Waals surface area contributed by atoms with Crippen LogP contribution in [0.25, 0.3) is 0 Å². The van der Waals surface area contributed by atoms with Crippen LogP contribution in [0.5, 0.6) is 0 Å². The number of hydrogen-bond acceptors (Lipinski definition) is 2. The molecule has 1 heterocycles. The second kappa shape index (κ2) is 5.26. The van der Waals surface area contributed by atoms with Crippen LogP contribution in [0.2, 0.25) is 0 Å². The van der Waals surface area contributed by atoms with Gasteiger partial charge in [0.2, 0.25) is 0 Å². The summed E-state index contributed by atoms with van der Waals surface area (Å²) in [6.07, 6.45) is -3.54. The molecule has 1 aliphatic heterocycles. The van der Waals surface area contributed by atoms with E-state index in [1.54, 1.807) is 0 Å². The molecule has 2 rings (SSSR count). The van der Waals surface area contributed by atoms with Gasteiger partial charge in [-0.15, -0.1) is 0 Å². The minimum Gasteiger partial charge on any atom is -0.342 e. The number of amides is 1. The Labute approximate surface area is 116 Å². The number of nitrogens with zero attached hydrogens (tertiary/aromatic N) is 1. The zero-order valence-corrected chi connectivity index (χ0v) is 11.7. The molecule has 0 aromatic heterocycles. The zero-order chi connectivity index (χ0) is 15.0. The molecule has 4 nitrogen and oxygen atoms in total. The van der Waals surface area contributed by atoms with Crippen LogP contribution in [0.3, 0.4) is 0 Å². The van der Waals surface area contributed by atoms with Crippen LogP contribution >= 0.6 is 0 Å². The van der Waals surface area contributed by atoms with Gasteiger partial charge in [-0.1, -0.05) is 13.8 Å². The summed E-state index contributed by atoms with van der Waals surface area (Å²) in [6.45, 7) is 4.50. The molecule has 0 bridgehead atoms. The van der Waals surface area contributed by atoms with E-state index in [1.165, 1.54) is 0 Å². The van der Waals surface area contributed by atoms with E-state index in [2.05, 4.69) is 15.6 Å². The summed E-state index contributed by atoms with van der Waals surface area (Å²) in [5, 5.41) is 5.48. The number of guanidine groups is 1. The first kappa shape index (κ1) is 15.1. The van der Waals surface area contributed by atoms with Gasteiger partial charge in [0.15, 0.2) is 5.96 Å². The van der Waals surface area contributed by atoms with Gasteiger partial charge in [-0.3, -0.25) is 15.1 Å². The second-order valence-electron chi connectivity index (χ2n) is 6.08. The van der Waals surface area contributed by atoms with Crippen molar-refractivity contribution >= 4 is 11.9 Å². The van der Waals surface area contributed by atoms with Crippen molar-refractivity contribution in [2.24, 2.45) is 16.8 Å². The van der Waals surface area contributed by atoms with Crippen molar-refractivity contribution in [1.29, 1.82) is 0 Å². The first-order chi connectivity index (χ1) is 9.23. The predicted molar refractivity (Wildman–Crippen MR) is 69.2 cm³/mol. The number of nitrogens with one attached hydrogen (secondary N) is 2. The standard InChI is InChI=1S/C13H20F3N3O/c1-8(2)7-17-11-18-10(20)12(19-11)5-3-4-9(6-12)13(14,15)16/h8-9H,3-7H2,1-2H3,(H2,17,18,19,20). The molecule has 1 aliphatic carbocycles. The van der Waals surface area contributed by atoms with Crippen LogP contribution in [0.1, 0.15) is 39.5 Å². The highest BCUT2D eigenvalue weighted by Gasteiger charge is 2.53. The first-order valence-electron chi connectivity index (χ1n) is 6.94. The Bertz CT molecular complexity index is 420. The average Bonchev–Trinajstić information content (AvgIpc) is 2.63. The van der Waals surface area contributed by atoms with Gasteiger partial charge in [-0.25, -0.2) is 0 Å². The van der Waals surface area contributed by atoms with E-state index in [4.69, 9.17) is 0 Å². The predicted octanol–water partition coefficient (Wildman–Crippen LogP) is 2.21. The molecular formula is C13H20F3N3O. The maximum absolute atomic E-state index is 12.9. The van der Waals surface area contributed by atoms with E-state index < -0.39 is 17.6 Å². The van der Waals surface area contributed by atoms with Crippen molar-refractivity contribution in [3.63, 3.8) is 0 Å². The summed E-state index contributed by atoms with van der Waals surface area (Å²) in [4.78, 5) is 16.3. The third kappa shape index (κ3) is 3.07. The first-order valence-corrected chi connectivity index (χ1v) is 6.94. The molecule has 2 fully saturated rings. The summed E-state index contributed by atoms with van der Waals surface area (Å²) in [7, 11) is 0. The van der Waals surface area contributed by atoms with E-state index in [0.29, 0.717) is 31.3 Å². The van der Waals surface area contributed by atoms with Gasteiger partial charge in [0.05, 0.1) is 5.92 Å². The highest BCUT2D eigenvalue weighted by Crippen LogP contribution is 2.42. The lowest BCUT2D eigenvalue weighted by Crippen LogP contribution is -2.52. The quantitative estimate of drug-likeness (QED) is 0.819. The largest absolute Gasteiger partial charge is 0.391 e. The fraction of sp³-hybridized carbons (Fsp3) is 0.846. The van der Waals surface area contributed by atoms with Gasteiger partial charge < -0.3 is 5.32 Å². The molecule has 2 unspecified atom stereocenters. The summed E-state index contributed by atoms with van der Waals surface area (Å²) in [5.41, 5.74) is -1.13. The van der Waals surface area contributed by atoms with E-state index in [-0.39, 0.29) is 18.7 Å². The van der Waals surface area contributed by atoms with Crippen molar-refractivity contribution in [3.8, 4) is 0 Å². The molecule has 2 atom stereocenters. The van der Waals surface area contributed by atoms with Crippen molar-refractivity contribution in [3.05, 3.63) is 0 Å². The smallest absolute Gasteiger partial charge is 0.342 e. The van der Waals surface area contributed by atoms with Gasteiger partial charge >= 0.3 is 6.18 Å². The Hall–Kier alpha value is -1.27. The Morgan fingerprint density at radius 2 is 2.15 bits per heavy atom. The fourth-order valence-corrected chi connectivity index (χ4v) is 2.77. The zero-order valence-electron chi connectivity index (χ0n) is 11.7. The van der Waals surface area contributed by atoms with Gasteiger partial charge in [-0.2, -0.15) is 13.2 Å². The molecule has 114 valence electrons. The molecule has 1 saturated heterocycles. The summed E-state index contributed by atoms with van der Waals surface area (Å²) in [6, 6.07) is 0. The average molecular weight is 291 g/mol. The number of carbonyl (C=O) groups excluding carboxylic acids is 1. The molecule has 1 spiro atoms. The van der Waals surface area contributed by atoms with Gasteiger partial charge in [0.1, 0.15) is 5.54 Å². The molecule has 0 aromatic carbocycles. The van der Waals surface area contributed by atoms with E-state index in [0.717, 1.165) is 0 Å². The number of carbonyl (C=O) groups is 1. The minimum absolute atomic E-state index is 0.0959. The Kier molecular flexibility index (Phi) is 3.97. The SMILES string of the molecule is CC(C)CN=C1NC(=O)C2(CCCC(C(F)(F)F)C2)N1. The molecule has 1 saturated carbocycles. The van der Waals surface area contributed by atoms with Gasteiger partial charge in [0, 0.05) is 6.54 Å². The molecule has 2 aliphatic rings. The number of aliphatic imine (C=N–C) groups is 1. The van der Waals surface area contributed by atoms with Crippen LogP contribution in [0, 0.1) is 11.8 Å². The van der Waals surface area contributed by atoms with Crippen LogP contribution in [0.15, 0.2) is 4.99 Å². The van der Waals surface area contributed by atoms with Crippen LogP contribution in [-0.4, -0.2) is 30.1 Å². The lowest BCUT2D eigenvalue weighted by molar-refractivity contribution is -0.187. The maximum Gasteiger partial charge on any atom is 0.391 e. The molecule has 20 heavy (non-hydrogen) atoms. The monoisotopic (exact) mass is 291 g/mol. The van der Waals surface area contributed by atoms with Crippen molar-refractivity contribution in [2.75, 3.05) is 6.54 Å². The van der Waals surface area contributed by atoms with Gasteiger partial charge in [0.25, 0.3) is 5.91 Å². The molecular weight excluding hydrogens is 271 g/mol. The molecule has 0 aromatic rings. The Balaban J connectivity index is 2.11. The molecule has 2 N–H and O–H groups in total. The topological polar surface area (TPSA) is 53.5 Å². The highest BCUT2D eigenvalue weighted by molar-refractivity contribution is 6.09. The summed E-state index contributed by atoms with van der Waals surface area (Å²) >= 11 is 0. The van der Waals surface area contributed by atoms with Crippen LogP contribution < -0.4 is 10.6 Å². The van der Waals surface area contributed by atoms with Crippen LogP contribution in [-0.2, 0) is 4.79 Å². The molecule has 0 radical (unpaired) electrons. The van der Waals surface area contributed by atoms with E-state index >= 15 is 0 Å². The summed E-state index contributed by atoms with van der Waals surface area (Å²) in [5.74, 6) is -1.16. The third-order valence-electron chi connectivity index (χ3n) is 3.85. The molecule has 1 amide bonds. The fourth-order valence-electron chi connectivity index (χ4n) is 2.77. The van der Waals surface area contributed by atoms with Crippen molar-refractivity contribution < 1.29 is 18.0 Å². The van der Waals surface area contributed by atoms with Gasteiger partial charge in [-0.05, 0) is 31.6 Å². The normalized spacial score (nSPS) is 32.8. The number of alkyl halides is 3. The Morgan fingerprint density at radius 1 is 1.45 bits per heavy atom. The minimum atomic E-state index is -4.24. The highest BCUT2D eigenvalue weighted by atomic mass is 19.4. The number of hydrogen-bond donors (Lipinski definition) is 2. The van der Waals surface area contributed by atoms with E-state index in [1.807, 2.05) is 13.8 Å². The maximum atomic E-state index is 12.9. The number of halogens is 3. The number of rotatable bonds is 2. The van der Waals surface area contributed by atoms with Crippen molar-refractivity contribution in [2.45, 2.75) is 51.2 Å². The lowest BCUT2D eigenvalue weighted by Gasteiger charge is -2.36. The molecule has 7 heteroatoms.